The highest BCUT2D eigenvalue weighted by Gasteiger charge is 2.64. The lowest BCUT2D eigenvalue weighted by atomic mass is 10.1. The van der Waals surface area contributed by atoms with Crippen LogP contribution in [0.4, 0.5) is 0 Å². The Labute approximate surface area is 90.4 Å². The van der Waals surface area contributed by atoms with Crippen LogP contribution in [0.2, 0.25) is 0 Å². The summed E-state index contributed by atoms with van der Waals surface area (Å²) in [4.78, 5) is 0. The molecule has 0 heterocycles. The van der Waals surface area contributed by atoms with Crippen molar-refractivity contribution in [3.63, 3.8) is 0 Å². The Morgan fingerprint density at radius 1 is 1.07 bits per heavy atom. The van der Waals surface area contributed by atoms with Crippen molar-refractivity contribution in [1.29, 1.82) is 0 Å². The molecule has 2 aliphatic carbocycles. The van der Waals surface area contributed by atoms with Gasteiger partial charge in [0.1, 0.15) is 0 Å². The van der Waals surface area contributed by atoms with Crippen LogP contribution in [0.5, 0.6) is 0 Å². The monoisotopic (exact) mass is 203 g/mol. The van der Waals surface area contributed by atoms with E-state index in [9.17, 15) is 0 Å². The van der Waals surface area contributed by atoms with Gasteiger partial charge in [0.2, 0.25) is 0 Å². The molecule has 0 unspecified atom stereocenters. The first kappa shape index (κ1) is 9.37. The minimum absolute atomic E-state index is 0.0157. The van der Waals surface area contributed by atoms with Gasteiger partial charge in [0.05, 0.1) is 12.2 Å². The molecule has 2 aliphatic rings. The number of ether oxygens (including phenoxy) is 1. The fraction of sp³-hybridized carbons (Fsp3) is 0.538. The van der Waals surface area contributed by atoms with Crippen molar-refractivity contribution < 1.29 is 4.74 Å². The molecule has 3 rings (SSSR count). The van der Waals surface area contributed by atoms with Crippen LogP contribution in [-0.2, 0) is 11.3 Å². The summed E-state index contributed by atoms with van der Waals surface area (Å²) in [6.07, 6.45) is 4.58. The minimum atomic E-state index is 0.0157. The summed E-state index contributed by atoms with van der Waals surface area (Å²) >= 11 is 0. The van der Waals surface area contributed by atoms with E-state index in [1.54, 1.807) is 0 Å². The zero-order valence-corrected chi connectivity index (χ0v) is 8.91. The maximum absolute atomic E-state index is 6.23. The second-order valence-corrected chi connectivity index (χ2v) is 4.92. The molecule has 0 bridgehead atoms. The third kappa shape index (κ3) is 1.58. The van der Waals surface area contributed by atoms with Gasteiger partial charge in [-0.05, 0) is 31.2 Å². The van der Waals surface area contributed by atoms with Crippen molar-refractivity contribution in [3.8, 4) is 0 Å². The van der Waals surface area contributed by atoms with Crippen LogP contribution in [0.3, 0.4) is 0 Å². The lowest BCUT2D eigenvalue weighted by Crippen LogP contribution is -2.41. The van der Waals surface area contributed by atoms with Crippen molar-refractivity contribution in [2.75, 3.05) is 0 Å². The molecule has 2 saturated carbocycles. The van der Waals surface area contributed by atoms with Crippen LogP contribution in [0.15, 0.2) is 30.3 Å². The maximum atomic E-state index is 6.23. The van der Waals surface area contributed by atoms with Crippen LogP contribution in [0.1, 0.15) is 31.2 Å². The number of hydrogen-bond acceptors (Lipinski definition) is 2. The maximum Gasteiger partial charge on any atom is 0.0867 e. The van der Waals surface area contributed by atoms with Gasteiger partial charge in [-0.2, -0.15) is 0 Å². The van der Waals surface area contributed by atoms with E-state index in [1.165, 1.54) is 5.56 Å². The van der Waals surface area contributed by atoms with E-state index in [1.807, 2.05) is 18.2 Å². The van der Waals surface area contributed by atoms with Gasteiger partial charge in [-0.3, -0.25) is 0 Å². The average molecular weight is 203 g/mol. The summed E-state index contributed by atoms with van der Waals surface area (Å²) in [7, 11) is 0. The molecule has 0 atom stereocenters. The van der Waals surface area contributed by atoms with Crippen LogP contribution >= 0.6 is 0 Å². The van der Waals surface area contributed by atoms with Gasteiger partial charge in [-0.1, -0.05) is 30.3 Å². The summed E-state index contributed by atoms with van der Waals surface area (Å²) in [5.41, 5.74) is 7.52. The van der Waals surface area contributed by atoms with Crippen LogP contribution in [0, 0.1) is 0 Å². The van der Waals surface area contributed by atoms with E-state index in [2.05, 4.69) is 12.1 Å². The van der Waals surface area contributed by atoms with E-state index in [0.29, 0.717) is 6.61 Å². The number of nitrogens with two attached hydrogens (primary N) is 1. The van der Waals surface area contributed by atoms with Gasteiger partial charge in [0, 0.05) is 5.54 Å². The first-order valence-electron chi connectivity index (χ1n) is 5.71. The second-order valence-electron chi connectivity index (χ2n) is 4.92. The number of hydrogen-bond donors (Lipinski definition) is 1. The van der Waals surface area contributed by atoms with Gasteiger partial charge in [-0.25, -0.2) is 0 Å². The first-order valence-corrected chi connectivity index (χ1v) is 5.71. The molecule has 1 aromatic carbocycles. The summed E-state index contributed by atoms with van der Waals surface area (Å²) in [6.45, 7) is 0.708. The minimum Gasteiger partial charge on any atom is -0.368 e. The van der Waals surface area contributed by atoms with Gasteiger partial charge < -0.3 is 10.5 Å². The normalized spacial score (nSPS) is 24.9. The molecule has 0 aromatic heterocycles. The third-order valence-corrected chi connectivity index (χ3v) is 3.76. The molecular weight excluding hydrogens is 186 g/mol. The average Bonchev–Trinajstić information content (AvgIpc) is 3.14. The zero-order chi connectivity index (χ0) is 10.4. The summed E-state index contributed by atoms with van der Waals surface area (Å²) in [6, 6.07) is 10.3. The van der Waals surface area contributed by atoms with E-state index in [4.69, 9.17) is 10.5 Å². The Hall–Kier alpha value is -0.860. The van der Waals surface area contributed by atoms with Crippen molar-refractivity contribution in [1.82, 2.24) is 0 Å². The molecular formula is C13H17NO. The van der Waals surface area contributed by atoms with Gasteiger partial charge in [-0.15, -0.1) is 0 Å². The molecule has 15 heavy (non-hydrogen) atoms. The lowest BCUT2D eigenvalue weighted by molar-refractivity contribution is -0.00490. The fourth-order valence-electron chi connectivity index (χ4n) is 2.29. The fourth-order valence-corrected chi connectivity index (χ4v) is 2.29. The van der Waals surface area contributed by atoms with Gasteiger partial charge in [0.15, 0.2) is 0 Å². The largest absolute Gasteiger partial charge is 0.368 e. The molecule has 80 valence electrons. The highest BCUT2D eigenvalue weighted by Crippen LogP contribution is 2.58. The smallest absolute Gasteiger partial charge is 0.0867 e. The van der Waals surface area contributed by atoms with Crippen LogP contribution < -0.4 is 5.73 Å². The van der Waals surface area contributed by atoms with Gasteiger partial charge in [0.25, 0.3) is 0 Å². The van der Waals surface area contributed by atoms with E-state index in [0.717, 1.165) is 25.7 Å². The Morgan fingerprint density at radius 2 is 1.73 bits per heavy atom. The summed E-state index contributed by atoms with van der Waals surface area (Å²) in [5, 5.41) is 0. The molecule has 2 nitrogen and oxygen atoms in total. The lowest BCUT2D eigenvalue weighted by Gasteiger charge is -2.23. The molecule has 0 spiro atoms. The predicted molar refractivity (Wildman–Crippen MR) is 59.3 cm³/mol. The van der Waals surface area contributed by atoms with Crippen LogP contribution in [-0.4, -0.2) is 11.1 Å². The van der Waals surface area contributed by atoms with Crippen LogP contribution in [0.25, 0.3) is 0 Å². The van der Waals surface area contributed by atoms with Crippen molar-refractivity contribution in [3.05, 3.63) is 35.9 Å². The highest BCUT2D eigenvalue weighted by atomic mass is 16.5. The Balaban J connectivity index is 1.63. The van der Waals surface area contributed by atoms with Crippen molar-refractivity contribution in [2.24, 2.45) is 5.73 Å². The molecule has 0 saturated heterocycles. The Morgan fingerprint density at radius 3 is 2.27 bits per heavy atom. The highest BCUT2D eigenvalue weighted by molar-refractivity contribution is 5.22. The number of benzene rings is 1. The molecule has 2 fully saturated rings. The molecule has 1 aromatic rings. The Kier molecular flexibility index (Phi) is 1.91. The second kappa shape index (κ2) is 3.06. The quantitative estimate of drug-likeness (QED) is 0.814. The number of rotatable bonds is 4. The van der Waals surface area contributed by atoms with E-state index in [-0.39, 0.29) is 11.1 Å². The standard InChI is InChI=1S/C13H17NO/c14-12(6-7-12)13(8-9-13)15-10-11-4-2-1-3-5-11/h1-5H,6-10,14H2. The zero-order valence-electron chi connectivity index (χ0n) is 8.91. The Bertz CT molecular complexity index is 352. The molecule has 0 aliphatic heterocycles. The topological polar surface area (TPSA) is 35.2 Å². The molecule has 2 N–H and O–H groups in total. The molecule has 0 radical (unpaired) electrons. The van der Waals surface area contributed by atoms with Gasteiger partial charge >= 0.3 is 0 Å². The first-order chi connectivity index (χ1) is 7.24. The van der Waals surface area contributed by atoms with Crippen molar-refractivity contribution in [2.45, 2.75) is 43.4 Å². The van der Waals surface area contributed by atoms with Crippen molar-refractivity contribution >= 4 is 0 Å². The van der Waals surface area contributed by atoms with E-state index >= 15 is 0 Å². The SMILES string of the molecule is NC1(C2(OCc3ccccc3)CC2)CC1. The predicted octanol–water partition coefficient (Wildman–Crippen LogP) is 2.23. The summed E-state index contributed by atoms with van der Waals surface area (Å²) in [5.74, 6) is 0. The molecule has 2 heteroatoms. The third-order valence-electron chi connectivity index (χ3n) is 3.76. The summed E-state index contributed by atoms with van der Waals surface area (Å²) < 4.78 is 6.03. The molecule has 0 amide bonds. The van der Waals surface area contributed by atoms with E-state index < -0.39 is 0 Å².